The van der Waals surface area contributed by atoms with Gasteiger partial charge in [0.2, 0.25) is 0 Å². The number of carbonyl (C=O) groups is 2. The van der Waals surface area contributed by atoms with Gasteiger partial charge < -0.3 is 15.4 Å². The monoisotopic (exact) mass is 284 g/mol. The van der Waals surface area contributed by atoms with Crippen LogP contribution in [-0.4, -0.2) is 18.9 Å². The van der Waals surface area contributed by atoms with Gasteiger partial charge in [-0.15, -0.1) is 0 Å². The average molecular weight is 284 g/mol. The van der Waals surface area contributed by atoms with Crippen molar-refractivity contribution in [3.05, 3.63) is 54.1 Å². The Morgan fingerprint density at radius 2 is 1.52 bits per heavy atom. The van der Waals surface area contributed by atoms with Gasteiger partial charge in [-0.1, -0.05) is 12.1 Å². The van der Waals surface area contributed by atoms with Crippen LogP contribution in [0, 0.1) is 6.92 Å². The maximum absolute atomic E-state index is 11.8. The molecule has 108 valence electrons. The summed E-state index contributed by atoms with van der Waals surface area (Å²) < 4.78 is 5.02. The Bertz CT molecular complexity index is 651. The molecule has 2 N–H and O–H groups in total. The first kappa shape index (κ1) is 14.6. The van der Waals surface area contributed by atoms with Gasteiger partial charge in [0, 0.05) is 11.4 Å². The Morgan fingerprint density at radius 1 is 0.905 bits per heavy atom. The van der Waals surface area contributed by atoms with E-state index in [0.717, 1.165) is 5.56 Å². The Kier molecular flexibility index (Phi) is 4.56. The van der Waals surface area contributed by atoms with E-state index in [0.29, 0.717) is 17.1 Å². The van der Waals surface area contributed by atoms with Crippen molar-refractivity contribution in [1.82, 2.24) is 0 Å². The first-order valence-electron chi connectivity index (χ1n) is 6.41. The van der Waals surface area contributed by atoms with Gasteiger partial charge in [-0.25, -0.2) is 0 Å². The molecule has 0 heterocycles. The predicted octanol–water partition coefficient (Wildman–Crippen LogP) is 2.58. The summed E-state index contributed by atoms with van der Waals surface area (Å²) in [5, 5.41) is 5.07. The zero-order chi connectivity index (χ0) is 15.2. The minimum Gasteiger partial charge on any atom is -0.497 e. The van der Waals surface area contributed by atoms with Crippen LogP contribution in [-0.2, 0) is 9.59 Å². The van der Waals surface area contributed by atoms with Gasteiger partial charge >= 0.3 is 11.8 Å². The third-order valence-electron chi connectivity index (χ3n) is 2.83. The maximum Gasteiger partial charge on any atom is 0.314 e. The summed E-state index contributed by atoms with van der Waals surface area (Å²) in [7, 11) is 1.56. The summed E-state index contributed by atoms with van der Waals surface area (Å²) in [4.78, 5) is 23.6. The molecule has 0 aromatic heterocycles. The molecule has 5 nitrogen and oxygen atoms in total. The molecule has 0 saturated carbocycles. The molecule has 0 aliphatic carbocycles. The molecule has 0 aliphatic rings. The van der Waals surface area contributed by atoms with Crippen molar-refractivity contribution >= 4 is 23.2 Å². The van der Waals surface area contributed by atoms with Gasteiger partial charge in [0.15, 0.2) is 0 Å². The van der Waals surface area contributed by atoms with Crippen molar-refractivity contribution in [3.8, 4) is 5.75 Å². The molecule has 2 rings (SSSR count). The molecule has 21 heavy (non-hydrogen) atoms. The number of amides is 2. The van der Waals surface area contributed by atoms with Crippen molar-refractivity contribution in [1.29, 1.82) is 0 Å². The third-order valence-corrected chi connectivity index (χ3v) is 2.83. The van der Waals surface area contributed by atoms with Crippen LogP contribution >= 0.6 is 0 Å². The van der Waals surface area contributed by atoms with Gasteiger partial charge in [0.05, 0.1) is 7.11 Å². The number of rotatable bonds is 3. The normalized spacial score (nSPS) is 9.81. The molecule has 0 bridgehead atoms. The van der Waals surface area contributed by atoms with Crippen LogP contribution in [0.4, 0.5) is 11.4 Å². The molecule has 0 fully saturated rings. The summed E-state index contributed by atoms with van der Waals surface area (Å²) in [5.41, 5.74) is 2.12. The lowest BCUT2D eigenvalue weighted by atomic mass is 10.2. The van der Waals surface area contributed by atoms with Gasteiger partial charge in [0.25, 0.3) is 0 Å². The SMILES string of the molecule is COc1ccc(NC(=O)C(=O)Nc2cccc(C)c2)cc1. The zero-order valence-electron chi connectivity index (χ0n) is 11.8. The second-order valence-electron chi connectivity index (χ2n) is 4.51. The summed E-state index contributed by atoms with van der Waals surface area (Å²) in [6, 6.07) is 14.0. The standard InChI is InChI=1S/C16H16N2O3/c1-11-4-3-5-13(10-11)18-16(20)15(19)17-12-6-8-14(21-2)9-7-12/h3-10H,1-2H3,(H,17,19)(H,18,20). The fourth-order valence-electron chi connectivity index (χ4n) is 1.77. The molecular formula is C16H16N2O3. The Hall–Kier alpha value is -2.82. The summed E-state index contributed by atoms with van der Waals surface area (Å²) in [6.07, 6.45) is 0. The molecule has 0 unspecified atom stereocenters. The van der Waals surface area contributed by atoms with E-state index in [9.17, 15) is 9.59 Å². The van der Waals surface area contributed by atoms with Crippen molar-refractivity contribution in [2.45, 2.75) is 6.92 Å². The van der Waals surface area contributed by atoms with Crippen LogP contribution < -0.4 is 15.4 Å². The second kappa shape index (κ2) is 6.56. The molecule has 0 atom stereocenters. The first-order valence-corrected chi connectivity index (χ1v) is 6.41. The minimum absolute atomic E-state index is 0.528. The van der Waals surface area contributed by atoms with Crippen molar-refractivity contribution in [3.63, 3.8) is 0 Å². The lowest BCUT2D eigenvalue weighted by molar-refractivity contribution is -0.132. The molecule has 0 saturated heterocycles. The van der Waals surface area contributed by atoms with Crippen LogP contribution in [0.25, 0.3) is 0 Å². The van der Waals surface area contributed by atoms with Crippen LogP contribution in [0.15, 0.2) is 48.5 Å². The van der Waals surface area contributed by atoms with Crippen LogP contribution in [0.2, 0.25) is 0 Å². The number of hydrogen-bond donors (Lipinski definition) is 2. The third kappa shape index (κ3) is 4.07. The van der Waals surface area contributed by atoms with E-state index in [4.69, 9.17) is 4.74 Å². The second-order valence-corrected chi connectivity index (χ2v) is 4.51. The summed E-state index contributed by atoms with van der Waals surface area (Å²) in [5.74, 6) is -0.754. The smallest absolute Gasteiger partial charge is 0.314 e. The van der Waals surface area contributed by atoms with E-state index < -0.39 is 11.8 Å². The largest absolute Gasteiger partial charge is 0.497 e. The maximum atomic E-state index is 11.8. The van der Waals surface area contributed by atoms with Crippen LogP contribution in [0.1, 0.15) is 5.56 Å². The summed E-state index contributed by atoms with van der Waals surface area (Å²) >= 11 is 0. The van der Waals surface area contributed by atoms with Crippen molar-refractivity contribution < 1.29 is 14.3 Å². The topological polar surface area (TPSA) is 67.4 Å². The fourth-order valence-corrected chi connectivity index (χ4v) is 1.77. The number of methoxy groups -OCH3 is 1. The molecule has 0 radical (unpaired) electrons. The highest BCUT2D eigenvalue weighted by molar-refractivity contribution is 6.43. The van der Waals surface area contributed by atoms with E-state index in [2.05, 4.69) is 10.6 Å². The lowest BCUT2D eigenvalue weighted by Gasteiger charge is -2.07. The Morgan fingerprint density at radius 3 is 2.10 bits per heavy atom. The number of anilines is 2. The molecule has 2 aromatic rings. The van der Waals surface area contributed by atoms with Gasteiger partial charge in [0.1, 0.15) is 5.75 Å². The summed E-state index contributed by atoms with van der Waals surface area (Å²) in [6.45, 7) is 1.91. The number of nitrogens with one attached hydrogen (secondary N) is 2. The van der Waals surface area contributed by atoms with Crippen molar-refractivity contribution in [2.24, 2.45) is 0 Å². The first-order chi connectivity index (χ1) is 10.1. The highest BCUT2D eigenvalue weighted by Gasteiger charge is 2.14. The number of ether oxygens (including phenoxy) is 1. The molecule has 5 heteroatoms. The van der Waals surface area contributed by atoms with Gasteiger partial charge in [-0.2, -0.15) is 0 Å². The van der Waals surface area contributed by atoms with E-state index >= 15 is 0 Å². The number of benzene rings is 2. The number of hydrogen-bond acceptors (Lipinski definition) is 3. The molecular weight excluding hydrogens is 268 g/mol. The van der Waals surface area contributed by atoms with Gasteiger partial charge in [-0.05, 0) is 48.9 Å². The van der Waals surface area contributed by atoms with E-state index in [1.54, 1.807) is 43.5 Å². The fraction of sp³-hybridized carbons (Fsp3) is 0.125. The van der Waals surface area contributed by atoms with Crippen LogP contribution in [0.5, 0.6) is 5.75 Å². The Labute approximate surface area is 122 Å². The molecule has 2 aromatic carbocycles. The van der Waals surface area contributed by atoms with E-state index in [1.807, 2.05) is 19.1 Å². The van der Waals surface area contributed by atoms with Crippen LogP contribution in [0.3, 0.4) is 0 Å². The number of aryl methyl sites for hydroxylation is 1. The number of carbonyl (C=O) groups excluding carboxylic acids is 2. The average Bonchev–Trinajstić information content (AvgIpc) is 2.48. The molecule has 0 spiro atoms. The van der Waals surface area contributed by atoms with Gasteiger partial charge in [-0.3, -0.25) is 9.59 Å². The Balaban J connectivity index is 1.97. The highest BCUT2D eigenvalue weighted by Crippen LogP contribution is 2.15. The quantitative estimate of drug-likeness (QED) is 0.851. The minimum atomic E-state index is -0.721. The van der Waals surface area contributed by atoms with Crippen molar-refractivity contribution in [2.75, 3.05) is 17.7 Å². The van der Waals surface area contributed by atoms with E-state index in [1.165, 1.54) is 0 Å². The molecule has 2 amide bonds. The predicted molar refractivity (Wildman–Crippen MR) is 81.4 cm³/mol. The lowest BCUT2D eigenvalue weighted by Crippen LogP contribution is -2.29. The zero-order valence-corrected chi connectivity index (χ0v) is 11.8. The van der Waals surface area contributed by atoms with E-state index in [-0.39, 0.29) is 0 Å². The molecule has 0 aliphatic heterocycles. The highest BCUT2D eigenvalue weighted by atomic mass is 16.5.